The molecule has 0 radical (unpaired) electrons. The first-order valence-corrected chi connectivity index (χ1v) is 18.5. The third-order valence-electron chi connectivity index (χ3n) is 10.4. The molecule has 0 amide bonds. The van der Waals surface area contributed by atoms with Gasteiger partial charge in [0, 0.05) is 37.6 Å². The van der Waals surface area contributed by atoms with Crippen molar-refractivity contribution in [1.82, 2.24) is 0 Å². The highest BCUT2D eigenvalue weighted by Gasteiger charge is 2.13. The van der Waals surface area contributed by atoms with Crippen LogP contribution in [-0.4, -0.2) is 13.1 Å². The van der Waals surface area contributed by atoms with Crippen molar-refractivity contribution in [1.29, 1.82) is 0 Å². The van der Waals surface area contributed by atoms with Crippen molar-refractivity contribution in [2.24, 2.45) is 0 Å². The molecule has 0 saturated heterocycles. The topological polar surface area (TPSA) is 6.48 Å². The second-order valence-corrected chi connectivity index (χ2v) is 13.5. The molecule has 8 rings (SSSR count). The van der Waals surface area contributed by atoms with E-state index in [-0.39, 0.29) is 0 Å². The van der Waals surface area contributed by atoms with Crippen LogP contribution in [0.2, 0.25) is 0 Å². The Morgan fingerprint density at radius 3 is 1.52 bits per heavy atom. The Balaban J connectivity index is 1.16. The molecule has 0 aliphatic rings. The Labute approximate surface area is 307 Å². The van der Waals surface area contributed by atoms with Gasteiger partial charge in [-0.15, -0.1) is 0 Å². The number of allylic oxidation sites excluding steroid dienone is 2. The third kappa shape index (κ3) is 6.81. The molecule has 0 atom stereocenters. The summed E-state index contributed by atoms with van der Waals surface area (Å²) in [5, 5.41) is 7.86. The molecular formula is C50H44N2. The van der Waals surface area contributed by atoms with Gasteiger partial charge in [0.25, 0.3) is 0 Å². The fourth-order valence-electron chi connectivity index (χ4n) is 7.65. The van der Waals surface area contributed by atoms with Crippen LogP contribution in [0.15, 0.2) is 176 Å². The van der Waals surface area contributed by atoms with Crippen LogP contribution in [0, 0.1) is 0 Å². The smallest absolute Gasteiger partial charge is 0.0433 e. The molecule has 254 valence electrons. The minimum atomic E-state index is 0.840. The van der Waals surface area contributed by atoms with Gasteiger partial charge in [0.1, 0.15) is 0 Å². The molecular weight excluding hydrogens is 629 g/mol. The summed E-state index contributed by atoms with van der Waals surface area (Å²) in [5.41, 5.74) is 9.88. The van der Waals surface area contributed by atoms with E-state index in [9.17, 15) is 0 Å². The summed E-state index contributed by atoms with van der Waals surface area (Å²) in [6, 6.07) is 59.9. The van der Waals surface area contributed by atoms with E-state index < -0.39 is 0 Å². The molecule has 0 bridgehead atoms. The minimum Gasteiger partial charge on any atom is -0.372 e. The predicted molar refractivity (Wildman–Crippen MR) is 225 cm³/mol. The van der Waals surface area contributed by atoms with Crippen molar-refractivity contribution in [3.63, 3.8) is 0 Å². The predicted octanol–water partition coefficient (Wildman–Crippen LogP) is 12.8. The van der Waals surface area contributed by atoms with Crippen LogP contribution in [0.5, 0.6) is 0 Å². The lowest BCUT2D eigenvalue weighted by Crippen LogP contribution is -2.22. The van der Waals surface area contributed by atoms with Gasteiger partial charge in [0.15, 0.2) is 0 Å². The van der Waals surface area contributed by atoms with E-state index >= 15 is 0 Å². The number of anilines is 2. The first-order valence-electron chi connectivity index (χ1n) is 18.5. The highest BCUT2D eigenvalue weighted by Crippen LogP contribution is 2.36. The second-order valence-electron chi connectivity index (χ2n) is 13.5. The molecule has 0 aliphatic carbocycles. The van der Waals surface area contributed by atoms with Gasteiger partial charge in [-0.05, 0) is 104 Å². The Kier molecular flexibility index (Phi) is 9.54. The highest BCUT2D eigenvalue weighted by molar-refractivity contribution is 6.24. The fraction of sp³-hybridized carbons (Fsp3) is 0.120. The van der Waals surface area contributed by atoms with Gasteiger partial charge >= 0.3 is 0 Å². The van der Waals surface area contributed by atoms with Gasteiger partial charge in [-0.3, -0.25) is 0 Å². The number of benzene rings is 8. The van der Waals surface area contributed by atoms with E-state index in [4.69, 9.17) is 0 Å². The Bertz CT molecular complexity index is 2400. The average Bonchev–Trinajstić information content (AvgIpc) is 3.20. The van der Waals surface area contributed by atoms with Crippen molar-refractivity contribution in [2.45, 2.75) is 26.9 Å². The van der Waals surface area contributed by atoms with Gasteiger partial charge in [-0.2, -0.15) is 0 Å². The fourth-order valence-corrected chi connectivity index (χ4v) is 7.65. The largest absolute Gasteiger partial charge is 0.372 e. The number of nitrogens with zero attached hydrogens (tertiary/aromatic N) is 2. The van der Waals surface area contributed by atoms with Crippen LogP contribution in [0.1, 0.15) is 41.7 Å². The SMILES string of the molecule is CCN(CC)c1ccc(/C(=C/C=C/c2ccc3ccc4cccc5ccc2c3c45)c2ccc(N(Cc3ccccc3)Cc3ccccc3)cc2)cc1. The van der Waals surface area contributed by atoms with E-state index in [1.165, 1.54) is 77.1 Å². The Morgan fingerprint density at radius 1 is 0.462 bits per heavy atom. The van der Waals surface area contributed by atoms with Crippen LogP contribution in [-0.2, 0) is 13.1 Å². The number of hydrogen-bond acceptors (Lipinski definition) is 2. The van der Waals surface area contributed by atoms with Crippen molar-refractivity contribution >= 4 is 55.3 Å². The van der Waals surface area contributed by atoms with Crippen LogP contribution in [0.25, 0.3) is 44.0 Å². The first-order chi connectivity index (χ1) is 25.7. The van der Waals surface area contributed by atoms with Crippen molar-refractivity contribution in [3.8, 4) is 0 Å². The summed E-state index contributed by atoms with van der Waals surface area (Å²) >= 11 is 0. The Hall–Kier alpha value is -6.12. The zero-order valence-corrected chi connectivity index (χ0v) is 30.0. The first kappa shape index (κ1) is 33.0. The summed E-state index contributed by atoms with van der Waals surface area (Å²) < 4.78 is 0. The molecule has 8 aromatic rings. The summed E-state index contributed by atoms with van der Waals surface area (Å²) in [6.45, 7) is 8.09. The average molecular weight is 673 g/mol. The van der Waals surface area contributed by atoms with Crippen LogP contribution < -0.4 is 9.80 Å². The van der Waals surface area contributed by atoms with Crippen molar-refractivity contribution in [2.75, 3.05) is 22.9 Å². The molecule has 2 heteroatoms. The maximum Gasteiger partial charge on any atom is 0.0433 e. The summed E-state index contributed by atoms with van der Waals surface area (Å²) in [4.78, 5) is 4.86. The molecule has 0 aromatic heterocycles. The Morgan fingerprint density at radius 2 is 0.962 bits per heavy atom. The van der Waals surface area contributed by atoms with E-state index in [1.807, 2.05) is 0 Å². The van der Waals surface area contributed by atoms with Gasteiger partial charge in [0.05, 0.1) is 0 Å². The lowest BCUT2D eigenvalue weighted by Gasteiger charge is -2.26. The van der Waals surface area contributed by atoms with Crippen LogP contribution >= 0.6 is 0 Å². The number of rotatable bonds is 12. The van der Waals surface area contributed by atoms with Gasteiger partial charge in [-0.25, -0.2) is 0 Å². The van der Waals surface area contributed by atoms with Gasteiger partial charge in [-0.1, -0.05) is 158 Å². The molecule has 0 spiro atoms. The molecule has 0 unspecified atom stereocenters. The maximum absolute atomic E-state index is 2.46. The summed E-state index contributed by atoms with van der Waals surface area (Å²) in [6.07, 6.45) is 6.78. The van der Waals surface area contributed by atoms with Crippen LogP contribution in [0.4, 0.5) is 11.4 Å². The molecule has 0 fully saturated rings. The van der Waals surface area contributed by atoms with E-state index in [0.29, 0.717) is 0 Å². The quantitative estimate of drug-likeness (QED) is 0.0941. The molecule has 52 heavy (non-hydrogen) atoms. The summed E-state index contributed by atoms with van der Waals surface area (Å²) in [7, 11) is 0. The lowest BCUT2D eigenvalue weighted by atomic mass is 9.91. The molecule has 0 saturated carbocycles. The van der Waals surface area contributed by atoms with Gasteiger partial charge in [0.2, 0.25) is 0 Å². The molecule has 0 aliphatic heterocycles. The molecule has 0 N–H and O–H groups in total. The highest BCUT2D eigenvalue weighted by atomic mass is 15.1. The lowest BCUT2D eigenvalue weighted by molar-refractivity contribution is 0.800. The molecule has 8 aromatic carbocycles. The minimum absolute atomic E-state index is 0.840. The third-order valence-corrected chi connectivity index (χ3v) is 10.4. The molecule has 2 nitrogen and oxygen atoms in total. The van der Waals surface area contributed by atoms with E-state index in [2.05, 4.69) is 206 Å². The van der Waals surface area contributed by atoms with Crippen LogP contribution in [0.3, 0.4) is 0 Å². The zero-order chi connectivity index (χ0) is 35.3. The maximum atomic E-state index is 2.46. The number of hydrogen-bond donors (Lipinski definition) is 0. The van der Waals surface area contributed by atoms with E-state index in [0.717, 1.165) is 26.2 Å². The van der Waals surface area contributed by atoms with Crippen molar-refractivity contribution < 1.29 is 0 Å². The standard InChI is InChI=1S/C50H44N2/c1-3-51(4-2)45-30-25-40(26-31-45)47(20-12-17-39-21-22-44-24-23-42-18-11-19-43-29-34-48(39)50(44)49(42)43)41-27-32-46(33-28-41)52(35-37-13-7-5-8-14-37)36-38-15-9-6-10-16-38/h5-34H,3-4,35-36H2,1-2H3/b17-12+,47-20-. The zero-order valence-electron chi connectivity index (χ0n) is 30.0. The monoisotopic (exact) mass is 672 g/mol. The second kappa shape index (κ2) is 15.0. The summed E-state index contributed by atoms with van der Waals surface area (Å²) in [5.74, 6) is 0. The van der Waals surface area contributed by atoms with Crippen molar-refractivity contribution in [3.05, 3.63) is 204 Å². The normalized spacial score (nSPS) is 12.0. The molecule has 0 heterocycles. The van der Waals surface area contributed by atoms with Gasteiger partial charge < -0.3 is 9.80 Å². The van der Waals surface area contributed by atoms with E-state index in [1.54, 1.807) is 0 Å².